The summed E-state index contributed by atoms with van der Waals surface area (Å²) < 4.78 is 30.3. The van der Waals surface area contributed by atoms with Crippen molar-refractivity contribution in [3.63, 3.8) is 0 Å². The fraction of sp³-hybridized carbons (Fsp3) is 0.118. The van der Waals surface area contributed by atoms with Crippen LogP contribution in [-0.4, -0.2) is 25.1 Å². The average molecular weight is 374 g/mol. The van der Waals surface area contributed by atoms with Crippen LogP contribution in [0.3, 0.4) is 0 Å². The van der Waals surface area contributed by atoms with Gasteiger partial charge in [0.2, 0.25) is 15.6 Å². The van der Waals surface area contributed by atoms with Crippen LogP contribution in [0.1, 0.15) is 12.5 Å². The number of phenolic OH excluding ortho intramolecular Hbond substituents is 1. The lowest BCUT2D eigenvalue weighted by Crippen LogP contribution is -2.03. The largest absolute Gasteiger partial charge is 0.500 e. The van der Waals surface area contributed by atoms with Crippen LogP contribution < -0.4 is 4.74 Å². The zero-order valence-corrected chi connectivity index (χ0v) is 14.4. The Kier molecular flexibility index (Phi) is 5.59. The molecule has 0 aliphatic carbocycles. The van der Waals surface area contributed by atoms with Gasteiger partial charge in [-0.3, -0.25) is 10.1 Å². The molecule has 0 bridgehead atoms. The summed E-state index contributed by atoms with van der Waals surface area (Å²) in [6.07, 6.45) is 0.997. The molecule has 134 valence electrons. The summed E-state index contributed by atoms with van der Waals surface area (Å²) in [5.41, 5.74) is -0.620. The number of hydrogen-bond acceptors (Lipinski definition) is 7. The number of benzene rings is 2. The second-order valence-corrected chi connectivity index (χ2v) is 6.93. The maximum absolute atomic E-state index is 12.6. The van der Waals surface area contributed by atoms with Crippen molar-refractivity contribution < 1.29 is 23.2 Å². The van der Waals surface area contributed by atoms with E-state index < -0.39 is 31.1 Å². The first-order chi connectivity index (χ1) is 12.3. The van der Waals surface area contributed by atoms with E-state index in [2.05, 4.69) is 0 Å². The highest BCUT2D eigenvalue weighted by molar-refractivity contribution is 7.95. The van der Waals surface area contributed by atoms with Gasteiger partial charge < -0.3 is 9.84 Å². The van der Waals surface area contributed by atoms with Gasteiger partial charge in [0.15, 0.2) is 5.75 Å². The summed E-state index contributed by atoms with van der Waals surface area (Å²) in [7, 11) is -4.09. The molecule has 26 heavy (non-hydrogen) atoms. The van der Waals surface area contributed by atoms with Gasteiger partial charge >= 0.3 is 5.69 Å². The molecule has 0 aliphatic heterocycles. The van der Waals surface area contributed by atoms with Crippen molar-refractivity contribution in [1.82, 2.24) is 0 Å². The van der Waals surface area contributed by atoms with Gasteiger partial charge in [-0.15, -0.1) is 0 Å². The molecule has 1 N–H and O–H groups in total. The molecule has 0 aromatic heterocycles. The van der Waals surface area contributed by atoms with Crippen molar-refractivity contribution in [2.24, 2.45) is 0 Å². The Morgan fingerprint density at radius 1 is 1.35 bits per heavy atom. The Labute approximate surface area is 149 Å². The van der Waals surface area contributed by atoms with Crippen molar-refractivity contribution in [3.05, 3.63) is 63.0 Å². The van der Waals surface area contributed by atoms with Gasteiger partial charge in [0.1, 0.15) is 11.0 Å². The van der Waals surface area contributed by atoms with Gasteiger partial charge in [-0.2, -0.15) is 5.26 Å². The van der Waals surface area contributed by atoms with Crippen LogP contribution in [0, 0.1) is 21.4 Å². The van der Waals surface area contributed by atoms with E-state index in [1.165, 1.54) is 30.3 Å². The van der Waals surface area contributed by atoms with E-state index in [1.807, 2.05) is 0 Å². The highest BCUT2D eigenvalue weighted by Gasteiger charge is 2.23. The molecule has 0 radical (unpaired) electrons. The third-order valence-electron chi connectivity index (χ3n) is 3.32. The van der Waals surface area contributed by atoms with Gasteiger partial charge in [-0.05, 0) is 36.8 Å². The lowest BCUT2D eigenvalue weighted by atomic mass is 10.1. The molecule has 0 heterocycles. The summed E-state index contributed by atoms with van der Waals surface area (Å²) in [6, 6.07) is 11.1. The molecule has 0 aliphatic rings. The molecule has 0 saturated heterocycles. The summed E-state index contributed by atoms with van der Waals surface area (Å²) in [5.74, 6) is -0.847. The minimum absolute atomic E-state index is 0.0361. The summed E-state index contributed by atoms with van der Waals surface area (Å²) in [5, 5.41) is 30.2. The van der Waals surface area contributed by atoms with Crippen LogP contribution in [0.2, 0.25) is 0 Å². The first-order valence-electron chi connectivity index (χ1n) is 7.37. The maximum Gasteiger partial charge on any atom is 0.315 e. The summed E-state index contributed by atoms with van der Waals surface area (Å²) in [4.78, 5) is 9.59. The minimum Gasteiger partial charge on any atom is -0.500 e. The number of nitro benzene ring substituents is 1. The van der Waals surface area contributed by atoms with Gasteiger partial charge in [-0.25, -0.2) is 8.42 Å². The van der Waals surface area contributed by atoms with Crippen LogP contribution >= 0.6 is 0 Å². The zero-order valence-electron chi connectivity index (χ0n) is 13.6. The smallest absolute Gasteiger partial charge is 0.315 e. The number of nitro groups is 1. The second kappa shape index (κ2) is 7.67. The van der Waals surface area contributed by atoms with Gasteiger partial charge in [0.05, 0.1) is 16.4 Å². The first-order valence-corrected chi connectivity index (χ1v) is 8.85. The molecule has 0 atom stereocenters. The summed E-state index contributed by atoms with van der Waals surface area (Å²) >= 11 is 0. The standard InChI is InChI=1S/C17H14N2O6S/c1-2-25-16-10-12(9-15(17(16)20)19(21)22)8-14(11-18)26(23,24)13-6-4-3-5-7-13/h3-10,20H,2H2,1H3/b14-8+. The highest BCUT2D eigenvalue weighted by Crippen LogP contribution is 2.38. The number of nitrogens with zero attached hydrogens (tertiary/aromatic N) is 2. The van der Waals surface area contributed by atoms with E-state index in [1.54, 1.807) is 19.1 Å². The Morgan fingerprint density at radius 3 is 2.54 bits per heavy atom. The zero-order chi connectivity index (χ0) is 19.3. The fourth-order valence-corrected chi connectivity index (χ4v) is 3.33. The third kappa shape index (κ3) is 3.81. The van der Waals surface area contributed by atoms with Crippen LogP contribution in [0.25, 0.3) is 6.08 Å². The number of nitriles is 1. The second-order valence-electron chi connectivity index (χ2n) is 5.01. The molecule has 2 aromatic rings. The van der Waals surface area contributed by atoms with Crippen molar-refractivity contribution in [1.29, 1.82) is 5.26 Å². The fourth-order valence-electron chi connectivity index (χ4n) is 2.15. The molecule has 0 saturated carbocycles. The lowest BCUT2D eigenvalue weighted by molar-refractivity contribution is -0.386. The Morgan fingerprint density at radius 2 is 2.00 bits per heavy atom. The van der Waals surface area contributed by atoms with Gasteiger partial charge in [0.25, 0.3) is 0 Å². The van der Waals surface area contributed by atoms with Crippen molar-refractivity contribution in [2.75, 3.05) is 6.61 Å². The van der Waals surface area contributed by atoms with E-state index in [9.17, 15) is 28.9 Å². The van der Waals surface area contributed by atoms with Crippen LogP contribution in [0.5, 0.6) is 11.5 Å². The van der Waals surface area contributed by atoms with E-state index in [0.29, 0.717) is 0 Å². The van der Waals surface area contributed by atoms with E-state index >= 15 is 0 Å². The molecule has 0 amide bonds. The van der Waals surface area contributed by atoms with Crippen molar-refractivity contribution in [3.8, 4) is 17.6 Å². The molecule has 0 unspecified atom stereocenters. The Balaban J connectivity index is 2.63. The number of aromatic hydroxyl groups is 1. The van der Waals surface area contributed by atoms with Crippen LogP contribution in [-0.2, 0) is 9.84 Å². The van der Waals surface area contributed by atoms with Gasteiger partial charge in [0, 0.05) is 6.07 Å². The summed E-state index contributed by atoms with van der Waals surface area (Å²) in [6.45, 7) is 1.75. The maximum atomic E-state index is 12.6. The monoisotopic (exact) mass is 374 g/mol. The van der Waals surface area contributed by atoms with Gasteiger partial charge in [-0.1, -0.05) is 18.2 Å². The van der Waals surface area contributed by atoms with Crippen molar-refractivity contribution in [2.45, 2.75) is 11.8 Å². The molecule has 9 heteroatoms. The quantitative estimate of drug-likeness (QED) is 0.467. The number of allylic oxidation sites excluding steroid dienone is 1. The molecular formula is C17H14N2O6S. The first kappa shape index (κ1) is 19.0. The molecule has 2 rings (SSSR count). The van der Waals surface area contributed by atoms with E-state index in [-0.39, 0.29) is 22.8 Å². The SMILES string of the molecule is CCOc1cc(/C=C(\C#N)S(=O)(=O)c2ccccc2)cc([N+](=O)[O-])c1O. The van der Waals surface area contributed by atoms with E-state index in [4.69, 9.17) is 4.74 Å². The van der Waals surface area contributed by atoms with Crippen LogP contribution in [0.15, 0.2) is 52.3 Å². The van der Waals surface area contributed by atoms with E-state index in [0.717, 1.165) is 12.1 Å². The Bertz CT molecular complexity index is 1010. The number of hydrogen-bond donors (Lipinski definition) is 1. The number of rotatable bonds is 6. The molecule has 8 nitrogen and oxygen atoms in total. The van der Waals surface area contributed by atoms with Crippen LogP contribution in [0.4, 0.5) is 5.69 Å². The average Bonchev–Trinajstić information content (AvgIpc) is 2.62. The third-order valence-corrected chi connectivity index (χ3v) is 5.01. The highest BCUT2D eigenvalue weighted by atomic mass is 32.2. The molecular weight excluding hydrogens is 360 g/mol. The molecule has 2 aromatic carbocycles. The number of ether oxygens (including phenoxy) is 1. The molecule has 0 fully saturated rings. The predicted octanol–water partition coefficient (Wildman–Crippen LogP) is 3.04. The Hall–Kier alpha value is -3.38. The molecule has 0 spiro atoms. The number of phenols is 1. The lowest BCUT2D eigenvalue weighted by Gasteiger charge is -2.08. The predicted molar refractivity (Wildman–Crippen MR) is 93.1 cm³/mol. The number of sulfone groups is 1. The topological polar surface area (TPSA) is 131 Å². The normalized spacial score (nSPS) is 11.6. The van der Waals surface area contributed by atoms with Crippen molar-refractivity contribution >= 4 is 21.6 Å². The minimum atomic E-state index is -4.09.